The van der Waals surface area contributed by atoms with Crippen LogP contribution in [0.25, 0.3) is 0 Å². The van der Waals surface area contributed by atoms with Gasteiger partial charge in [0.05, 0.1) is 11.7 Å². The second kappa shape index (κ2) is 3.69. The van der Waals surface area contributed by atoms with Crippen molar-refractivity contribution in [3.63, 3.8) is 0 Å². The Morgan fingerprint density at radius 2 is 1.62 bits per heavy atom. The highest BCUT2D eigenvalue weighted by molar-refractivity contribution is 5.14. The molecule has 3 nitrogen and oxygen atoms in total. The molecule has 3 heteroatoms. The van der Waals surface area contributed by atoms with E-state index < -0.39 is 11.1 Å². The summed E-state index contributed by atoms with van der Waals surface area (Å²) in [6, 6.07) is 0. The van der Waals surface area contributed by atoms with Crippen LogP contribution in [0.15, 0.2) is 0 Å². The van der Waals surface area contributed by atoms with Crippen LogP contribution in [0.4, 0.5) is 0 Å². The van der Waals surface area contributed by atoms with Gasteiger partial charge in [0.15, 0.2) is 0 Å². The third-order valence-corrected chi connectivity index (χ3v) is 4.87. The second-order valence-corrected chi connectivity index (χ2v) is 6.62. The van der Waals surface area contributed by atoms with Crippen molar-refractivity contribution in [3.05, 3.63) is 0 Å². The molecule has 0 spiro atoms. The maximum atomic E-state index is 10.7. The van der Waals surface area contributed by atoms with Gasteiger partial charge in [-0.15, -0.1) is 0 Å². The van der Waals surface area contributed by atoms with E-state index in [-0.39, 0.29) is 6.10 Å². The molecule has 0 heterocycles. The molecule has 16 heavy (non-hydrogen) atoms. The van der Waals surface area contributed by atoms with Gasteiger partial charge in [-0.2, -0.15) is 0 Å². The predicted molar refractivity (Wildman–Crippen MR) is 64.1 cm³/mol. The molecule has 0 aromatic carbocycles. The van der Waals surface area contributed by atoms with Crippen molar-refractivity contribution in [1.29, 1.82) is 0 Å². The zero-order valence-corrected chi connectivity index (χ0v) is 10.8. The third-order valence-electron chi connectivity index (χ3n) is 4.87. The quantitative estimate of drug-likeness (QED) is 0.756. The third kappa shape index (κ3) is 1.89. The van der Waals surface area contributed by atoms with Crippen LogP contribution in [-0.4, -0.2) is 29.5 Å². The molecule has 0 aromatic rings. The van der Waals surface area contributed by atoms with Crippen LogP contribution in [0.3, 0.4) is 0 Å². The van der Waals surface area contributed by atoms with Gasteiger partial charge in [-0.3, -0.25) is 0 Å². The summed E-state index contributed by atoms with van der Waals surface area (Å²) >= 11 is 0. The molecule has 3 N–H and O–H groups in total. The Hall–Kier alpha value is -0.120. The average molecular weight is 227 g/mol. The lowest BCUT2D eigenvalue weighted by molar-refractivity contribution is -0.151. The summed E-state index contributed by atoms with van der Waals surface area (Å²) in [7, 11) is 1.72. The predicted octanol–water partition coefficient (Wildman–Crippen LogP) is 1.82. The van der Waals surface area contributed by atoms with E-state index in [0.717, 1.165) is 38.5 Å². The summed E-state index contributed by atoms with van der Waals surface area (Å²) in [5.74, 6) is 0. The molecule has 0 saturated heterocycles. The first kappa shape index (κ1) is 12.3. The summed E-state index contributed by atoms with van der Waals surface area (Å²) in [4.78, 5) is 0. The van der Waals surface area contributed by atoms with Gasteiger partial charge < -0.3 is 15.6 Å². The summed E-state index contributed by atoms with van der Waals surface area (Å²) in [6.07, 6.45) is 5.69. The standard InChI is InChI=1S/C13H25NO2/c1-11(2)4-6-13(15,7-5-11)12(14)8-10(9-12)16-3/h10,15H,4-9,14H2,1-3H3. The van der Waals surface area contributed by atoms with Crippen molar-refractivity contribution in [2.24, 2.45) is 11.1 Å². The van der Waals surface area contributed by atoms with Crippen LogP contribution in [0.5, 0.6) is 0 Å². The molecular weight excluding hydrogens is 202 g/mol. The highest BCUT2D eigenvalue weighted by Gasteiger charge is 2.56. The van der Waals surface area contributed by atoms with Crippen molar-refractivity contribution >= 4 is 0 Å². The lowest BCUT2D eigenvalue weighted by Crippen LogP contribution is -2.70. The van der Waals surface area contributed by atoms with Gasteiger partial charge in [0.1, 0.15) is 0 Å². The minimum absolute atomic E-state index is 0.254. The number of ether oxygens (including phenoxy) is 1. The molecule has 0 aromatic heterocycles. The SMILES string of the molecule is COC1CC(N)(C2(O)CCC(C)(C)CC2)C1. The van der Waals surface area contributed by atoms with Gasteiger partial charge in [0, 0.05) is 12.6 Å². The van der Waals surface area contributed by atoms with Crippen molar-refractivity contribution in [2.75, 3.05) is 7.11 Å². The van der Waals surface area contributed by atoms with E-state index >= 15 is 0 Å². The summed E-state index contributed by atoms with van der Waals surface area (Å²) < 4.78 is 5.27. The highest BCUT2D eigenvalue weighted by atomic mass is 16.5. The van der Waals surface area contributed by atoms with Gasteiger partial charge in [0.2, 0.25) is 0 Å². The Morgan fingerprint density at radius 3 is 2.06 bits per heavy atom. The smallest absolute Gasteiger partial charge is 0.0828 e. The number of rotatable bonds is 2. The Morgan fingerprint density at radius 1 is 1.12 bits per heavy atom. The van der Waals surface area contributed by atoms with E-state index in [4.69, 9.17) is 10.5 Å². The average Bonchev–Trinajstić information content (AvgIpc) is 2.18. The van der Waals surface area contributed by atoms with Gasteiger partial charge in [-0.05, 0) is 43.9 Å². The number of nitrogens with two attached hydrogens (primary N) is 1. The molecule has 2 aliphatic rings. The second-order valence-electron chi connectivity index (χ2n) is 6.62. The number of hydrogen-bond acceptors (Lipinski definition) is 3. The largest absolute Gasteiger partial charge is 0.388 e. The summed E-state index contributed by atoms with van der Waals surface area (Å²) in [5.41, 5.74) is 5.65. The molecule has 0 unspecified atom stereocenters. The molecule has 0 atom stereocenters. The first-order valence-electron chi connectivity index (χ1n) is 6.34. The minimum Gasteiger partial charge on any atom is -0.388 e. The van der Waals surface area contributed by atoms with Crippen molar-refractivity contribution in [3.8, 4) is 0 Å². The van der Waals surface area contributed by atoms with E-state index in [1.54, 1.807) is 7.11 Å². The minimum atomic E-state index is -0.655. The Balaban J connectivity index is 2.00. The van der Waals surface area contributed by atoms with Crippen LogP contribution in [0.1, 0.15) is 52.4 Å². The van der Waals surface area contributed by atoms with Gasteiger partial charge in [-0.25, -0.2) is 0 Å². The number of aliphatic hydroxyl groups is 1. The van der Waals surface area contributed by atoms with Crippen LogP contribution in [0.2, 0.25) is 0 Å². The molecule has 2 rings (SSSR count). The Labute approximate surface area is 98.4 Å². The number of methoxy groups -OCH3 is 1. The molecule has 2 aliphatic carbocycles. The van der Waals surface area contributed by atoms with E-state index in [1.807, 2.05) is 0 Å². The van der Waals surface area contributed by atoms with E-state index in [9.17, 15) is 5.11 Å². The monoisotopic (exact) mass is 227 g/mol. The number of hydrogen-bond donors (Lipinski definition) is 2. The highest BCUT2D eigenvalue weighted by Crippen LogP contribution is 2.50. The van der Waals surface area contributed by atoms with Crippen LogP contribution in [0, 0.1) is 5.41 Å². The van der Waals surface area contributed by atoms with Crippen LogP contribution in [-0.2, 0) is 4.74 Å². The Kier molecular flexibility index (Phi) is 2.84. The summed E-state index contributed by atoms with van der Waals surface area (Å²) in [5, 5.41) is 10.7. The van der Waals surface area contributed by atoms with E-state index in [0.29, 0.717) is 5.41 Å². The molecule has 0 radical (unpaired) electrons. The maximum Gasteiger partial charge on any atom is 0.0828 e. The van der Waals surface area contributed by atoms with Gasteiger partial charge in [-0.1, -0.05) is 13.8 Å². The first-order chi connectivity index (χ1) is 7.30. The molecular formula is C13H25NO2. The summed E-state index contributed by atoms with van der Waals surface area (Å²) in [6.45, 7) is 4.54. The molecule has 94 valence electrons. The van der Waals surface area contributed by atoms with Gasteiger partial charge in [0.25, 0.3) is 0 Å². The fraction of sp³-hybridized carbons (Fsp3) is 1.00. The van der Waals surface area contributed by atoms with Crippen molar-refractivity contribution in [1.82, 2.24) is 0 Å². The van der Waals surface area contributed by atoms with Crippen LogP contribution < -0.4 is 5.73 Å². The maximum absolute atomic E-state index is 10.7. The lowest BCUT2D eigenvalue weighted by Gasteiger charge is -2.57. The first-order valence-corrected chi connectivity index (χ1v) is 6.34. The fourth-order valence-corrected chi connectivity index (χ4v) is 3.14. The van der Waals surface area contributed by atoms with Crippen molar-refractivity contribution in [2.45, 2.75) is 69.6 Å². The van der Waals surface area contributed by atoms with E-state index in [1.165, 1.54) is 0 Å². The van der Waals surface area contributed by atoms with Crippen molar-refractivity contribution < 1.29 is 9.84 Å². The zero-order valence-electron chi connectivity index (χ0n) is 10.8. The Bertz CT molecular complexity index is 259. The molecule has 0 aliphatic heterocycles. The zero-order chi connectivity index (χ0) is 12.0. The molecule has 0 bridgehead atoms. The van der Waals surface area contributed by atoms with Crippen LogP contribution >= 0.6 is 0 Å². The normalized spacial score (nSPS) is 41.4. The fourth-order valence-electron chi connectivity index (χ4n) is 3.14. The molecule has 2 saturated carbocycles. The molecule has 0 amide bonds. The topological polar surface area (TPSA) is 55.5 Å². The van der Waals surface area contributed by atoms with E-state index in [2.05, 4.69) is 13.8 Å². The van der Waals surface area contributed by atoms with Gasteiger partial charge >= 0.3 is 0 Å². The lowest BCUT2D eigenvalue weighted by atomic mass is 9.57. The molecule has 2 fully saturated rings.